The third-order valence-corrected chi connectivity index (χ3v) is 4.90. The Morgan fingerprint density at radius 1 is 1.11 bits per heavy atom. The molecule has 0 spiro atoms. The van der Waals surface area contributed by atoms with Gasteiger partial charge in [-0.25, -0.2) is 4.98 Å². The van der Waals surface area contributed by atoms with Gasteiger partial charge in [0.2, 0.25) is 5.91 Å². The second kappa shape index (κ2) is 9.17. The average Bonchev–Trinajstić information content (AvgIpc) is 2.69. The molecule has 0 unspecified atom stereocenters. The van der Waals surface area contributed by atoms with Crippen LogP contribution in [-0.2, 0) is 4.79 Å². The molecular formula is C20H15ClN4OS. The van der Waals surface area contributed by atoms with Gasteiger partial charge >= 0.3 is 0 Å². The normalized spacial score (nSPS) is 10.2. The second-order valence-corrected chi connectivity index (χ2v) is 7.07. The molecule has 7 heteroatoms. The Morgan fingerprint density at radius 3 is 2.56 bits per heavy atom. The zero-order chi connectivity index (χ0) is 19.1. The number of hydrogen-bond acceptors (Lipinski definition) is 5. The summed E-state index contributed by atoms with van der Waals surface area (Å²) in [4.78, 5) is 20.5. The van der Waals surface area contributed by atoms with E-state index in [9.17, 15) is 10.1 Å². The van der Waals surface area contributed by atoms with Crippen LogP contribution in [-0.4, -0.2) is 21.6 Å². The summed E-state index contributed by atoms with van der Waals surface area (Å²) < 4.78 is 0. The van der Waals surface area contributed by atoms with Crippen LogP contribution in [0.4, 0.5) is 5.69 Å². The number of carbonyl (C=O) groups excluding carboxylic acids is 1. The number of hydrogen-bond donors (Lipinski definition) is 1. The van der Waals surface area contributed by atoms with E-state index in [1.807, 2.05) is 18.2 Å². The van der Waals surface area contributed by atoms with E-state index in [1.54, 1.807) is 42.7 Å². The summed E-state index contributed by atoms with van der Waals surface area (Å²) in [5.41, 5.74) is 2.88. The fourth-order valence-corrected chi connectivity index (χ4v) is 3.36. The van der Waals surface area contributed by atoms with Gasteiger partial charge in [0.1, 0.15) is 11.1 Å². The number of nitrogens with one attached hydrogen (secondary N) is 1. The largest absolute Gasteiger partial charge is 0.326 e. The van der Waals surface area contributed by atoms with Crippen molar-refractivity contribution in [3.63, 3.8) is 0 Å². The van der Waals surface area contributed by atoms with E-state index >= 15 is 0 Å². The van der Waals surface area contributed by atoms with Crippen LogP contribution in [0.3, 0.4) is 0 Å². The molecule has 27 heavy (non-hydrogen) atoms. The van der Waals surface area contributed by atoms with Crippen LogP contribution in [0.2, 0.25) is 5.02 Å². The van der Waals surface area contributed by atoms with Crippen LogP contribution in [0.15, 0.2) is 66.0 Å². The summed E-state index contributed by atoms with van der Waals surface area (Å²) >= 11 is 7.31. The van der Waals surface area contributed by atoms with Crippen molar-refractivity contribution in [1.29, 1.82) is 5.26 Å². The molecule has 0 saturated heterocycles. The standard InChI is InChI=1S/C20H15ClN4OS/c21-16-4-1-14(2-5-16)18-6-3-15(13-22)20(25-18)27-12-9-19(26)24-17-7-10-23-11-8-17/h1-8,10-11H,9,12H2,(H,23,24,26). The highest BCUT2D eigenvalue weighted by atomic mass is 35.5. The van der Waals surface area contributed by atoms with Crippen molar-refractivity contribution in [2.45, 2.75) is 11.4 Å². The zero-order valence-corrected chi connectivity index (χ0v) is 15.8. The number of pyridine rings is 2. The van der Waals surface area contributed by atoms with Gasteiger partial charge in [0.25, 0.3) is 0 Å². The SMILES string of the molecule is N#Cc1ccc(-c2ccc(Cl)cc2)nc1SCCC(=O)Nc1ccncc1. The van der Waals surface area contributed by atoms with E-state index in [4.69, 9.17) is 11.6 Å². The van der Waals surface area contributed by atoms with Gasteiger partial charge in [-0.05, 0) is 36.4 Å². The molecular weight excluding hydrogens is 380 g/mol. The molecule has 1 N–H and O–H groups in total. The third kappa shape index (κ3) is 5.30. The fourth-order valence-electron chi connectivity index (χ4n) is 2.32. The lowest BCUT2D eigenvalue weighted by atomic mass is 10.1. The van der Waals surface area contributed by atoms with Crippen LogP contribution in [0, 0.1) is 11.3 Å². The molecule has 1 amide bonds. The van der Waals surface area contributed by atoms with Crippen molar-refractivity contribution in [2.24, 2.45) is 0 Å². The number of nitrogens with zero attached hydrogens (tertiary/aromatic N) is 3. The number of benzene rings is 1. The first kappa shape index (κ1) is 18.9. The number of rotatable bonds is 6. The molecule has 0 aliphatic carbocycles. The van der Waals surface area contributed by atoms with E-state index in [1.165, 1.54) is 11.8 Å². The Balaban J connectivity index is 1.65. The Labute approximate surface area is 166 Å². The summed E-state index contributed by atoms with van der Waals surface area (Å²) in [6.07, 6.45) is 3.55. The summed E-state index contributed by atoms with van der Waals surface area (Å²) in [7, 11) is 0. The van der Waals surface area contributed by atoms with Crippen molar-refractivity contribution in [3.05, 3.63) is 71.5 Å². The molecule has 0 radical (unpaired) electrons. The minimum Gasteiger partial charge on any atom is -0.326 e. The molecule has 3 aromatic rings. The van der Waals surface area contributed by atoms with Gasteiger partial charge in [-0.1, -0.05) is 23.7 Å². The molecule has 134 valence electrons. The van der Waals surface area contributed by atoms with Crippen LogP contribution < -0.4 is 5.32 Å². The molecule has 1 aromatic carbocycles. The van der Waals surface area contributed by atoms with Gasteiger partial charge < -0.3 is 5.32 Å². The fraction of sp³-hybridized carbons (Fsp3) is 0.100. The van der Waals surface area contributed by atoms with Crippen molar-refractivity contribution in [2.75, 3.05) is 11.1 Å². The average molecular weight is 395 g/mol. The predicted molar refractivity (Wildman–Crippen MR) is 108 cm³/mol. The minimum atomic E-state index is -0.0962. The van der Waals surface area contributed by atoms with Crippen molar-refractivity contribution in [1.82, 2.24) is 9.97 Å². The highest BCUT2D eigenvalue weighted by Gasteiger charge is 2.10. The summed E-state index contributed by atoms with van der Waals surface area (Å²) in [6.45, 7) is 0. The maximum Gasteiger partial charge on any atom is 0.225 e. The maximum atomic E-state index is 12.0. The van der Waals surface area contributed by atoms with E-state index in [-0.39, 0.29) is 5.91 Å². The van der Waals surface area contributed by atoms with Crippen LogP contribution in [0.5, 0.6) is 0 Å². The van der Waals surface area contributed by atoms with E-state index in [0.29, 0.717) is 33.5 Å². The molecule has 0 bridgehead atoms. The molecule has 0 atom stereocenters. The highest BCUT2D eigenvalue weighted by Crippen LogP contribution is 2.26. The lowest BCUT2D eigenvalue weighted by molar-refractivity contribution is -0.115. The van der Waals surface area contributed by atoms with Crippen molar-refractivity contribution >= 4 is 35.0 Å². The van der Waals surface area contributed by atoms with Gasteiger partial charge in [-0.2, -0.15) is 5.26 Å². The van der Waals surface area contributed by atoms with Crippen LogP contribution in [0.25, 0.3) is 11.3 Å². The van der Waals surface area contributed by atoms with E-state index < -0.39 is 0 Å². The number of anilines is 1. The Morgan fingerprint density at radius 2 is 1.85 bits per heavy atom. The van der Waals surface area contributed by atoms with Crippen LogP contribution in [0.1, 0.15) is 12.0 Å². The van der Waals surface area contributed by atoms with Gasteiger partial charge in [0.05, 0.1) is 11.3 Å². The highest BCUT2D eigenvalue weighted by molar-refractivity contribution is 7.99. The lowest BCUT2D eigenvalue weighted by Crippen LogP contribution is -2.12. The number of aromatic nitrogens is 2. The first-order valence-electron chi connectivity index (χ1n) is 8.15. The summed E-state index contributed by atoms with van der Waals surface area (Å²) in [6, 6.07) is 16.5. The third-order valence-electron chi connectivity index (χ3n) is 3.65. The van der Waals surface area contributed by atoms with Crippen molar-refractivity contribution in [3.8, 4) is 17.3 Å². The summed E-state index contributed by atoms with van der Waals surface area (Å²) in [5.74, 6) is 0.420. The molecule has 0 fully saturated rings. The number of nitriles is 1. The van der Waals surface area contributed by atoms with Gasteiger partial charge in [0.15, 0.2) is 0 Å². The quantitative estimate of drug-likeness (QED) is 0.608. The Kier molecular flexibility index (Phi) is 6.42. The molecule has 2 aromatic heterocycles. The number of amides is 1. The molecule has 3 rings (SSSR count). The smallest absolute Gasteiger partial charge is 0.225 e. The monoisotopic (exact) mass is 394 g/mol. The number of carbonyl (C=O) groups is 1. The molecule has 5 nitrogen and oxygen atoms in total. The maximum absolute atomic E-state index is 12.0. The van der Waals surface area contributed by atoms with E-state index in [0.717, 1.165) is 11.3 Å². The number of halogens is 1. The molecule has 0 aliphatic rings. The topological polar surface area (TPSA) is 78.7 Å². The summed E-state index contributed by atoms with van der Waals surface area (Å²) in [5, 5.41) is 13.4. The predicted octanol–water partition coefficient (Wildman–Crippen LogP) is 4.79. The Bertz CT molecular complexity index is 972. The van der Waals surface area contributed by atoms with Gasteiger partial charge in [-0.3, -0.25) is 9.78 Å². The Hall–Kier alpha value is -2.88. The van der Waals surface area contributed by atoms with Gasteiger partial charge in [-0.15, -0.1) is 11.8 Å². The molecule has 0 saturated carbocycles. The first-order valence-corrected chi connectivity index (χ1v) is 9.52. The van der Waals surface area contributed by atoms with E-state index in [2.05, 4.69) is 21.4 Å². The van der Waals surface area contributed by atoms with Crippen LogP contribution >= 0.6 is 23.4 Å². The molecule has 0 aliphatic heterocycles. The van der Waals surface area contributed by atoms with Gasteiger partial charge in [0, 0.05) is 40.8 Å². The lowest BCUT2D eigenvalue weighted by Gasteiger charge is -2.07. The zero-order valence-electron chi connectivity index (χ0n) is 14.2. The second-order valence-electron chi connectivity index (χ2n) is 5.55. The minimum absolute atomic E-state index is 0.0962. The molecule has 2 heterocycles. The first-order chi connectivity index (χ1) is 13.2. The number of thioether (sulfide) groups is 1. The van der Waals surface area contributed by atoms with Crippen molar-refractivity contribution < 1.29 is 4.79 Å².